The Morgan fingerprint density at radius 3 is 2.33 bits per heavy atom. The summed E-state index contributed by atoms with van der Waals surface area (Å²) in [6, 6.07) is 20.2. The fourth-order valence-electron chi connectivity index (χ4n) is 3.85. The topological polar surface area (TPSA) is 68.3 Å². The van der Waals surface area contributed by atoms with Crippen LogP contribution in [0.15, 0.2) is 60.7 Å². The Hall–Kier alpha value is -3.08. The maximum Gasteiger partial charge on any atom is 0.270 e. The molecule has 2 aromatic carbocycles. The minimum atomic E-state index is -0.264. The molecular formula is C22H23N3O2. The molecule has 1 aliphatic rings. The third kappa shape index (κ3) is 3.45. The van der Waals surface area contributed by atoms with Crippen LogP contribution in [-0.2, 0) is 11.3 Å². The molecule has 0 spiro atoms. The highest BCUT2D eigenvalue weighted by Crippen LogP contribution is 2.25. The summed E-state index contributed by atoms with van der Waals surface area (Å²) in [7, 11) is 0. The van der Waals surface area contributed by atoms with E-state index in [9.17, 15) is 9.59 Å². The lowest BCUT2D eigenvalue weighted by Gasteiger charge is -2.30. The Labute approximate surface area is 158 Å². The smallest absolute Gasteiger partial charge is 0.270 e. The predicted molar refractivity (Wildman–Crippen MR) is 105 cm³/mol. The Balaban J connectivity index is 1.66. The Morgan fingerprint density at radius 2 is 1.63 bits per heavy atom. The highest BCUT2D eigenvalue weighted by molar-refractivity contribution is 5.99. The number of aromatic nitrogens is 1. The molecule has 1 fully saturated rings. The SMILES string of the molecule is NC(=O)C1CCN(C(=O)c2cc3ccccc3n2Cc2ccccc2)CC1. The molecular weight excluding hydrogens is 338 g/mol. The van der Waals surface area contributed by atoms with Crippen LogP contribution in [0.3, 0.4) is 0 Å². The van der Waals surface area contributed by atoms with Crippen LogP contribution in [0, 0.1) is 5.92 Å². The maximum atomic E-state index is 13.2. The number of benzene rings is 2. The van der Waals surface area contributed by atoms with Gasteiger partial charge in [0, 0.05) is 36.5 Å². The zero-order valence-corrected chi connectivity index (χ0v) is 15.2. The standard InChI is InChI=1S/C22H23N3O2/c23-21(26)17-10-12-24(13-11-17)22(27)20-14-18-8-4-5-9-19(18)25(20)15-16-6-2-1-3-7-16/h1-9,14,17H,10-13,15H2,(H2,23,26). The fraction of sp³-hybridized carbons (Fsp3) is 0.273. The summed E-state index contributed by atoms with van der Waals surface area (Å²) in [4.78, 5) is 26.5. The van der Waals surface area contributed by atoms with Gasteiger partial charge in [0.2, 0.25) is 5.91 Å². The van der Waals surface area contributed by atoms with Gasteiger partial charge in [-0.05, 0) is 30.5 Å². The van der Waals surface area contributed by atoms with E-state index >= 15 is 0 Å². The van der Waals surface area contributed by atoms with Gasteiger partial charge in [0.15, 0.2) is 0 Å². The number of nitrogens with zero attached hydrogens (tertiary/aromatic N) is 2. The molecule has 0 aliphatic carbocycles. The second kappa shape index (κ2) is 7.27. The lowest BCUT2D eigenvalue weighted by Crippen LogP contribution is -2.42. The molecule has 27 heavy (non-hydrogen) atoms. The number of likely N-dealkylation sites (tertiary alicyclic amines) is 1. The van der Waals surface area contributed by atoms with Crippen molar-refractivity contribution in [3.8, 4) is 0 Å². The molecule has 1 saturated heterocycles. The molecule has 0 atom stereocenters. The van der Waals surface area contributed by atoms with Crippen molar-refractivity contribution in [2.24, 2.45) is 11.7 Å². The van der Waals surface area contributed by atoms with Gasteiger partial charge in [0.25, 0.3) is 5.91 Å². The summed E-state index contributed by atoms with van der Waals surface area (Å²) in [5.41, 5.74) is 8.31. The van der Waals surface area contributed by atoms with Crippen molar-refractivity contribution in [3.05, 3.63) is 71.9 Å². The van der Waals surface area contributed by atoms with Gasteiger partial charge in [-0.3, -0.25) is 9.59 Å². The maximum absolute atomic E-state index is 13.2. The number of nitrogens with two attached hydrogens (primary N) is 1. The average molecular weight is 361 g/mol. The second-order valence-electron chi connectivity index (χ2n) is 7.13. The van der Waals surface area contributed by atoms with Gasteiger partial charge >= 0.3 is 0 Å². The Morgan fingerprint density at radius 1 is 0.963 bits per heavy atom. The van der Waals surface area contributed by atoms with Gasteiger partial charge in [-0.25, -0.2) is 0 Å². The molecule has 1 aromatic heterocycles. The molecule has 4 rings (SSSR count). The lowest BCUT2D eigenvalue weighted by molar-refractivity contribution is -0.123. The van der Waals surface area contributed by atoms with E-state index in [4.69, 9.17) is 5.73 Å². The van der Waals surface area contributed by atoms with Gasteiger partial charge in [-0.2, -0.15) is 0 Å². The van der Waals surface area contributed by atoms with Crippen LogP contribution < -0.4 is 5.73 Å². The number of amides is 2. The number of primary amides is 1. The van der Waals surface area contributed by atoms with Crippen LogP contribution in [0.4, 0.5) is 0 Å². The molecule has 0 unspecified atom stereocenters. The summed E-state index contributed by atoms with van der Waals surface area (Å²) in [5, 5.41) is 1.06. The zero-order chi connectivity index (χ0) is 18.8. The molecule has 2 N–H and O–H groups in total. The Bertz CT molecular complexity index is 970. The monoisotopic (exact) mass is 361 g/mol. The van der Waals surface area contributed by atoms with Crippen LogP contribution in [0.1, 0.15) is 28.9 Å². The van der Waals surface area contributed by atoms with Crippen LogP contribution in [0.5, 0.6) is 0 Å². The molecule has 5 nitrogen and oxygen atoms in total. The first-order chi connectivity index (χ1) is 13.1. The molecule has 5 heteroatoms. The molecule has 2 heterocycles. The van der Waals surface area contributed by atoms with Crippen LogP contribution in [-0.4, -0.2) is 34.4 Å². The first kappa shape index (κ1) is 17.3. The molecule has 0 radical (unpaired) electrons. The largest absolute Gasteiger partial charge is 0.369 e. The minimum Gasteiger partial charge on any atom is -0.369 e. The molecule has 0 saturated carbocycles. The number of para-hydroxylation sites is 1. The van der Waals surface area contributed by atoms with Crippen molar-refractivity contribution in [1.82, 2.24) is 9.47 Å². The van der Waals surface area contributed by atoms with Gasteiger partial charge in [-0.15, -0.1) is 0 Å². The normalized spacial score (nSPS) is 15.2. The van der Waals surface area contributed by atoms with Crippen molar-refractivity contribution in [1.29, 1.82) is 0 Å². The summed E-state index contributed by atoms with van der Waals surface area (Å²) in [6.07, 6.45) is 1.28. The number of hydrogen-bond acceptors (Lipinski definition) is 2. The highest BCUT2D eigenvalue weighted by atomic mass is 16.2. The van der Waals surface area contributed by atoms with Crippen molar-refractivity contribution in [2.45, 2.75) is 19.4 Å². The molecule has 2 amide bonds. The van der Waals surface area contributed by atoms with E-state index in [0.717, 1.165) is 16.5 Å². The van der Waals surface area contributed by atoms with Gasteiger partial charge in [-0.1, -0.05) is 48.5 Å². The summed E-state index contributed by atoms with van der Waals surface area (Å²) in [6.45, 7) is 1.78. The Kier molecular flexibility index (Phi) is 4.67. The van der Waals surface area contributed by atoms with E-state index < -0.39 is 0 Å². The summed E-state index contributed by atoms with van der Waals surface area (Å²) < 4.78 is 2.09. The second-order valence-corrected chi connectivity index (χ2v) is 7.13. The number of piperidine rings is 1. The van der Waals surface area contributed by atoms with E-state index in [2.05, 4.69) is 16.7 Å². The first-order valence-electron chi connectivity index (χ1n) is 9.34. The van der Waals surface area contributed by atoms with Gasteiger partial charge in [0.1, 0.15) is 5.69 Å². The van der Waals surface area contributed by atoms with Crippen molar-refractivity contribution < 1.29 is 9.59 Å². The number of fused-ring (bicyclic) bond motifs is 1. The third-order valence-corrected chi connectivity index (χ3v) is 5.40. The van der Waals surface area contributed by atoms with Crippen molar-refractivity contribution in [3.63, 3.8) is 0 Å². The number of rotatable bonds is 4. The number of carbonyl (C=O) groups excluding carboxylic acids is 2. The van der Waals surface area contributed by atoms with Crippen LogP contribution in [0.25, 0.3) is 10.9 Å². The summed E-state index contributed by atoms with van der Waals surface area (Å²) >= 11 is 0. The molecule has 1 aliphatic heterocycles. The van der Waals surface area contributed by atoms with E-state index in [1.54, 1.807) is 0 Å². The van der Waals surface area contributed by atoms with Crippen molar-refractivity contribution in [2.75, 3.05) is 13.1 Å². The average Bonchev–Trinajstić information content (AvgIpc) is 3.07. The fourth-order valence-corrected chi connectivity index (χ4v) is 3.85. The van der Waals surface area contributed by atoms with Gasteiger partial charge < -0.3 is 15.2 Å². The highest BCUT2D eigenvalue weighted by Gasteiger charge is 2.28. The quantitative estimate of drug-likeness (QED) is 0.776. The van der Waals surface area contributed by atoms with Gasteiger partial charge in [0.05, 0.1) is 0 Å². The van der Waals surface area contributed by atoms with Crippen molar-refractivity contribution >= 4 is 22.7 Å². The summed E-state index contributed by atoms with van der Waals surface area (Å²) in [5.74, 6) is -0.366. The van der Waals surface area contributed by atoms with Crippen LogP contribution >= 0.6 is 0 Å². The zero-order valence-electron chi connectivity index (χ0n) is 15.2. The van der Waals surface area contributed by atoms with Crippen LogP contribution in [0.2, 0.25) is 0 Å². The minimum absolute atomic E-state index is 0.0186. The van der Waals surface area contributed by atoms with E-state index in [1.807, 2.05) is 53.4 Å². The predicted octanol–water partition coefficient (Wildman–Crippen LogP) is 3.03. The number of hydrogen-bond donors (Lipinski definition) is 1. The number of carbonyl (C=O) groups is 2. The van der Waals surface area contributed by atoms with E-state index in [1.165, 1.54) is 0 Å². The van der Waals surface area contributed by atoms with E-state index in [-0.39, 0.29) is 17.7 Å². The third-order valence-electron chi connectivity index (χ3n) is 5.40. The molecule has 0 bridgehead atoms. The van der Waals surface area contributed by atoms with E-state index in [0.29, 0.717) is 38.2 Å². The first-order valence-corrected chi connectivity index (χ1v) is 9.34. The molecule has 138 valence electrons. The molecule has 3 aromatic rings. The lowest BCUT2D eigenvalue weighted by atomic mass is 9.96.